The summed E-state index contributed by atoms with van der Waals surface area (Å²) < 4.78 is 27.0. The molecule has 0 fully saturated rings. The molecule has 0 saturated carbocycles. The van der Waals surface area contributed by atoms with Crippen molar-refractivity contribution in [1.82, 2.24) is 25.1 Å². The molecule has 126 valence electrons. The lowest BCUT2D eigenvalue weighted by molar-refractivity contribution is 0.582. The van der Waals surface area contributed by atoms with Gasteiger partial charge >= 0.3 is 0 Å². The van der Waals surface area contributed by atoms with Crippen LogP contribution >= 0.6 is 0 Å². The topological polar surface area (TPSA) is 100 Å². The molecule has 0 aliphatic rings. The second kappa shape index (κ2) is 8.14. The average Bonchev–Trinajstić information content (AvgIpc) is 2.72. The van der Waals surface area contributed by atoms with E-state index in [-0.39, 0.29) is 5.75 Å². The highest BCUT2D eigenvalue weighted by atomic mass is 32.2. The fourth-order valence-corrected chi connectivity index (χ4v) is 2.57. The second-order valence-electron chi connectivity index (χ2n) is 4.92. The largest absolute Gasteiger partial charge is 0.355 e. The Hall–Kier alpha value is -1.61. The van der Waals surface area contributed by atoms with E-state index in [9.17, 15) is 8.42 Å². The number of rotatable bonds is 7. The molecule has 3 N–H and O–H groups in total. The normalized spacial score (nSPS) is 12.5. The summed E-state index contributed by atoms with van der Waals surface area (Å²) in [4.78, 5) is 4.11. The van der Waals surface area contributed by atoms with Crippen LogP contribution < -0.4 is 15.4 Å². The zero-order valence-electron chi connectivity index (χ0n) is 13.9. The summed E-state index contributed by atoms with van der Waals surface area (Å²) in [7, 11) is 0.441. The third kappa shape index (κ3) is 5.30. The van der Waals surface area contributed by atoms with Gasteiger partial charge in [-0.15, -0.1) is 0 Å². The SMILES string of the molecule is CCS(=O)(=O)NCCNC(=NC)NCc1c(C)nn(C)c1C. The van der Waals surface area contributed by atoms with Crippen molar-refractivity contribution in [2.45, 2.75) is 27.3 Å². The third-order valence-corrected chi connectivity index (χ3v) is 4.84. The Morgan fingerprint density at radius 2 is 1.95 bits per heavy atom. The first-order valence-electron chi connectivity index (χ1n) is 7.21. The molecule has 0 bridgehead atoms. The number of nitrogens with zero attached hydrogens (tertiary/aromatic N) is 3. The van der Waals surface area contributed by atoms with Gasteiger partial charge in [0.05, 0.1) is 11.4 Å². The van der Waals surface area contributed by atoms with Crippen molar-refractivity contribution < 1.29 is 8.42 Å². The Morgan fingerprint density at radius 1 is 1.27 bits per heavy atom. The van der Waals surface area contributed by atoms with Crippen LogP contribution in [0.25, 0.3) is 0 Å². The Kier molecular flexibility index (Phi) is 6.82. The molecule has 1 heterocycles. The summed E-state index contributed by atoms with van der Waals surface area (Å²) >= 11 is 0. The summed E-state index contributed by atoms with van der Waals surface area (Å²) in [6.45, 7) is 7.00. The minimum atomic E-state index is -3.15. The average molecular weight is 330 g/mol. The highest BCUT2D eigenvalue weighted by Crippen LogP contribution is 2.10. The highest BCUT2D eigenvalue weighted by molar-refractivity contribution is 7.89. The van der Waals surface area contributed by atoms with Crippen molar-refractivity contribution in [2.24, 2.45) is 12.0 Å². The van der Waals surface area contributed by atoms with E-state index in [2.05, 4.69) is 25.4 Å². The molecule has 0 unspecified atom stereocenters. The van der Waals surface area contributed by atoms with Crippen LogP contribution in [0.4, 0.5) is 0 Å². The maximum Gasteiger partial charge on any atom is 0.211 e. The lowest BCUT2D eigenvalue weighted by atomic mass is 10.2. The van der Waals surface area contributed by atoms with E-state index in [1.807, 2.05) is 25.6 Å². The second-order valence-corrected chi connectivity index (χ2v) is 7.02. The molecule has 1 aromatic rings. The molecule has 0 radical (unpaired) electrons. The zero-order chi connectivity index (χ0) is 16.8. The molecule has 9 heteroatoms. The Balaban J connectivity index is 2.43. The minimum absolute atomic E-state index is 0.0829. The third-order valence-electron chi connectivity index (χ3n) is 3.43. The quantitative estimate of drug-likeness (QED) is 0.360. The van der Waals surface area contributed by atoms with Crippen molar-refractivity contribution in [3.8, 4) is 0 Å². The fraction of sp³-hybridized carbons (Fsp3) is 0.692. The van der Waals surface area contributed by atoms with Crippen LogP contribution in [0.1, 0.15) is 23.9 Å². The standard InChI is InChI=1S/C13H26N6O2S/c1-6-22(20,21)17-8-7-15-13(14-4)16-9-12-10(2)18-19(5)11(12)3/h17H,6-9H2,1-5H3,(H2,14,15,16). The molecule has 1 aromatic heterocycles. The number of aliphatic imine (C=N–C) groups is 1. The van der Waals surface area contributed by atoms with E-state index >= 15 is 0 Å². The summed E-state index contributed by atoms with van der Waals surface area (Å²) in [5.41, 5.74) is 3.23. The maximum absolute atomic E-state index is 11.3. The van der Waals surface area contributed by atoms with Gasteiger partial charge in [-0.3, -0.25) is 9.67 Å². The van der Waals surface area contributed by atoms with Crippen LogP contribution in [0.15, 0.2) is 4.99 Å². The zero-order valence-corrected chi connectivity index (χ0v) is 14.7. The van der Waals surface area contributed by atoms with Crippen LogP contribution in [-0.4, -0.2) is 50.0 Å². The molecule has 0 aliphatic carbocycles. The molecule has 8 nitrogen and oxygen atoms in total. The number of aromatic nitrogens is 2. The van der Waals surface area contributed by atoms with Gasteiger partial charge in [0.2, 0.25) is 10.0 Å². The molecule has 22 heavy (non-hydrogen) atoms. The Morgan fingerprint density at radius 3 is 2.45 bits per heavy atom. The van der Waals surface area contributed by atoms with E-state index in [0.717, 1.165) is 17.0 Å². The lowest BCUT2D eigenvalue weighted by Crippen LogP contribution is -2.41. The molecule has 0 atom stereocenters. The van der Waals surface area contributed by atoms with Crippen LogP contribution in [0.3, 0.4) is 0 Å². The van der Waals surface area contributed by atoms with E-state index in [4.69, 9.17) is 0 Å². The first kappa shape index (κ1) is 18.4. The van der Waals surface area contributed by atoms with Crippen LogP contribution in [0.5, 0.6) is 0 Å². The predicted octanol–water partition coefficient (Wildman–Crippen LogP) is -0.359. The van der Waals surface area contributed by atoms with Gasteiger partial charge in [0.25, 0.3) is 0 Å². The Bertz CT molecular complexity index is 621. The van der Waals surface area contributed by atoms with Crippen LogP contribution in [-0.2, 0) is 23.6 Å². The predicted molar refractivity (Wildman–Crippen MR) is 88.3 cm³/mol. The number of hydrogen-bond acceptors (Lipinski definition) is 4. The van der Waals surface area contributed by atoms with Crippen molar-refractivity contribution in [3.63, 3.8) is 0 Å². The van der Waals surface area contributed by atoms with E-state index in [1.165, 1.54) is 0 Å². The van der Waals surface area contributed by atoms with Crippen molar-refractivity contribution >= 4 is 16.0 Å². The van der Waals surface area contributed by atoms with Gasteiger partial charge in [0.15, 0.2) is 5.96 Å². The smallest absolute Gasteiger partial charge is 0.211 e. The van der Waals surface area contributed by atoms with Gasteiger partial charge in [-0.05, 0) is 20.8 Å². The van der Waals surface area contributed by atoms with Crippen molar-refractivity contribution in [2.75, 3.05) is 25.9 Å². The van der Waals surface area contributed by atoms with Gasteiger partial charge in [0, 0.05) is 45.0 Å². The van der Waals surface area contributed by atoms with E-state index in [1.54, 1.807) is 14.0 Å². The molecule has 0 saturated heterocycles. The number of sulfonamides is 1. The van der Waals surface area contributed by atoms with Crippen molar-refractivity contribution in [1.29, 1.82) is 0 Å². The number of hydrogen-bond donors (Lipinski definition) is 3. The number of aryl methyl sites for hydroxylation is 2. The number of guanidine groups is 1. The molecule has 1 rings (SSSR count). The van der Waals surface area contributed by atoms with Gasteiger partial charge < -0.3 is 10.6 Å². The van der Waals surface area contributed by atoms with Gasteiger partial charge in [-0.25, -0.2) is 13.1 Å². The van der Waals surface area contributed by atoms with Gasteiger partial charge in [-0.1, -0.05) is 0 Å². The highest BCUT2D eigenvalue weighted by Gasteiger charge is 2.10. The summed E-state index contributed by atoms with van der Waals surface area (Å²) in [5, 5.41) is 10.6. The minimum Gasteiger partial charge on any atom is -0.355 e. The molecule has 0 aromatic carbocycles. The monoisotopic (exact) mass is 330 g/mol. The lowest BCUT2D eigenvalue weighted by Gasteiger charge is -2.12. The van der Waals surface area contributed by atoms with Gasteiger partial charge in [0.1, 0.15) is 0 Å². The van der Waals surface area contributed by atoms with Crippen molar-refractivity contribution in [3.05, 3.63) is 17.0 Å². The van der Waals surface area contributed by atoms with Gasteiger partial charge in [-0.2, -0.15) is 5.10 Å². The van der Waals surface area contributed by atoms with E-state index < -0.39 is 10.0 Å². The molecular formula is C13H26N6O2S. The first-order chi connectivity index (χ1) is 10.3. The first-order valence-corrected chi connectivity index (χ1v) is 8.86. The summed E-state index contributed by atoms with van der Waals surface area (Å²) in [5.74, 6) is 0.706. The summed E-state index contributed by atoms with van der Waals surface area (Å²) in [6, 6.07) is 0. The molecule has 0 spiro atoms. The Labute approximate surface area is 132 Å². The molecular weight excluding hydrogens is 304 g/mol. The maximum atomic E-state index is 11.3. The summed E-state index contributed by atoms with van der Waals surface area (Å²) in [6.07, 6.45) is 0. The number of nitrogens with one attached hydrogen (secondary N) is 3. The molecule has 0 aliphatic heterocycles. The van der Waals surface area contributed by atoms with E-state index in [0.29, 0.717) is 25.6 Å². The van der Waals surface area contributed by atoms with Crippen LogP contribution in [0.2, 0.25) is 0 Å². The molecule has 0 amide bonds. The van der Waals surface area contributed by atoms with Crippen LogP contribution in [0, 0.1) is 13.8 Å². The fourth-order valence-electron chi connectivity index (χ4n) is 1.96.